The molecule has 2 aromatic carbocycles. The number of anilines is 3. The molecule has 1 saturated heterocycles. The molecule has 11 heteroatoms. The van der Waals surface area contributed by atoms with E-state index >= 15 is 0 Å². The van der Waals surface area contributed by atoms with Crippen LogP contribution in [-0.4, -0.2) is 89.9 Å². The first-order chi connectivity index (χ1) is 20.7. The van der Waals surface area contributed by atoms with Crippen LogP contribution in [0.1, 0.15) is 23.2 Å². The minimum atomic E-state index is -0.297. The number of nitrogens with one attached hydrogen (secondary N) is 3. The Morgan fingerprint density at radius 1 is 1.14 bits per heavy atom. The van der Waals surface area contributed by atoms with Crippen LogP contribution >= 0.6 is 11.6 Å². The number of benzene rings is 2. The zero-order valence-electron chi connectivity index (χ0n) is 24.7. The van der Waals surface area contributed by atoms with Crippen molar-refractivity contribution in [3.05, 3.63) is 78.1 Å². The second kappa shape index (κ2) is 13.3. The predicted molar refractivity (Wildman–Crippen MR) is 174 cm³/mol. The van der Waals surface area contributed by atoms with Crippen molar-refractivity contribution in [3.63, 3.8) is 0 Å². The van der Waals surface area contributed by atoms with Crippen LogP contribution in [0, 0.1) is 0 Å². The van der Waals surface area contributed by atoms with Crippen LogP contribution in [0.3, 0.4) is 0 Å². The number of carbonyl (C=O) groups is 2. The molecule has 2 aromatic heterocycles. The van der Waals surface area contributed by atoms with Gasteiger partial charge in [0.2, 0.25) is 11.9 Å². The molecule has 43 heavy (non-hydrogen) atoms. The van der Waals surface area contributed by atoms with Gasteiger partial charge in [-0.05, 0) is 57.3 Å². The molecule has 1 aliphatic heterocycles. The highest BCUT2D eigenvalue weighted by Gasteiger charge is 2.25. The van der Waals surface area contributed by atoms with E-state index in [-0.39, 0.29) is 17.9 Å². The number of aromatic amines is 1. The lowest BCUT2D eigenvalue weighted by molar-refractivity contribution is -0.111. The fraction of sp³-hybridized carbons (Fsp3) is 0.312. The number of nitrogens with zero attached hydrogens (tertiary/aromatic N) is 5. The van der Waals surface area contributed by atoms with E-state index in [9.17, 15) is 9.59 Å². The lowest BCUT2D eigenvalue weighted by Gasteiger charge is -2.33. The number of piperidine rings is 1. The molecule has 0 saturated carbocycles. The van der Waals surface area contributed by atoms with Crippen LogP contribution in [0.4, 0.5) is 17.3 Å². The Bertz CT molecular complexity index is 1630. The number of H-pyrrole nitrogens is 1. The maximum absolute atomic E-state index is 13.5. The highest BCUT2D eigenvalue weighted by atomic mass is 35.5. The first-order valence-corrected chi connectivity index (χ1v) is 14.7. The second-order valence-electron chi connectivity index (χ2n) is 11.0. The Morgan fingerprint density at radius 2 is 1.91 bits per heavy atom. The lowest BCUT2D eigenvalue weighted by atomic mass is 10.0. The summed E-state index contributed by atoms with van der Waals surface area (Å²) in [5.74, 6) is 0.179. The number of rotatable bonds is 10. The minimum absolute atomic E-state index is 0.0355. The van der Waals surface area contributed by atoms with Gasteiger partial charge in [0.25, 0.3) is 5.91 Å². The number of hydrogen-bond acceptors (Lipinski definition) is 7. The van der Waals surface area contributed by atoms with Gasteiger partial charge >= 0.3 is 0 Å². The fourth-order valence-electron chi connectivity index (χ4n) is 5.23. The van der Waals surface area contributed by atoms with E-state index in [4.69, 9.17) is 16.6 Å². The monoisotopic (exact) mass is 600 g/mol. The highest BCUT2D eigenvalue weighted by molar-refractivity contribution is 6.33. The van der Waals surface area contributed by atoms with Gasteiger partial charge in [-0.3, -0.25) is 9.59 Å². The second-order valence-corrected chi connectivity index (χ2v) is 11.4. The third-order valence-corrected chi connectivity index (χ3v) is 7.96. The lowest BCUT2D eigenvalue weighted by Crippen LogP contribution is -2.42. The average Bonchev–Trinajstić information content (AvgIpc) is 3.45. The molecule has 4 aromatic rings. The molecule has 0 radical (unpaired) electrons. The van der Waals surface area contributed by atoms with Gasteiger partial charge in [0, 0.05) is 67.5 Å². The molecule has 1 aliphatic rings. The van der Waals surface area contributed by atoms with Gasteiger partial charge in [0.1, 0.15) is 0 Å². The van der Waals surface area contributed by atoms with Crippen LogP contribution in [0.15, 0.2) is 67.5 Å². The summed E-state index contributed by atoms with van der Waals surface area (Å²) in [5.41, 5.74) is 4.61. The number of halogens is 1. The predicted octanol–water partition coefficient (Wildman–Crippen LogP) is 5.12. The Hall–Kier alpha value is -4.41. The molecule has 5 rings (SSSR count). The molecule has 0 unspecified atom stereocenters. The van der Waals surface area contributed by atoms with E-state index in [1.54, 1.807) is 18.3 Å². The Balaban J connectivity index is 1.25. The van der Waals surface area contributed by atoms with Gasteiger partial charge in [-0.1, -0.05) is 36.4 Å². The summed E-state index contributed by atoms with van der Waals surface area (Å²) in [7, 11) is 5.97. The summed E-state index contributed by atoms with van der Waals surface area (Å²) in [6, 6.07) is 13.5. The Morgan fingerprint density at radius 3 is 2.65 bits per heavy atom. The molecule has 224 valence electrons. The summed E-state index contributed by atoms with van der Waals surface area (Å²) in [4.78, 5) is 44.0. The third kappa shape index (κ3) is 6.98. The van der Waals surface area contributed by atoms with Gasteiger partial charge in [-0.2, -0.15) is 0 Å². The molecular formula is C32H37ClN8O2. The molecule has 0 aliphatic carbocycles. The van der Waals surface area contributed by atoms with Gasteiger partial charge in [0.15, 0.2) is 0 Å². The van der Waals surface area contributed by atoms with Crippen LogP contribution in [0.25, 0.3) is 22.2 Å². The number of aromatic nitrogens is 3. The highest BCUT2D eigenvalue weighted by Crippen LogP contribution is 2.33. The minimum Gasteiger partial charge on any atom is -0.372 e. The molecule has 1 fully saturated rings. The number of fused-ring (bicyclic) bond motifs is 1. The van der Waals surface area contributed by atoms with Crippen molar-refractivity contribution in [1.82, 2.24) is 24.8 Å². The average molecular weight is 601 g/mol. The van der Waals surface area contributed by atoms with Gasteiger partial charge < -0.3 is 30.3 Å². The van der Waals surface area contributed by atoms with E-state index in [0.717, 1.165) is 48.1 Å². The standard InChI is InChI=1S/C32H37ClN8O2/c1-5-29(42)37-27-11-10-21(18-28(27)40(4)17-16-39(2)3)31(43)41-14-12-22(13-15-41)36-32-35-20-25(33)30(38-32)24-19-34-26-9-7-6-8-23(24)26/h5-11,18-20,22,34H,1,12-17H2,2-4H3,(H,37,42)(H,35,36,38). The topological polar surface area (TPSA) is 109 Å². The number of amides is 2. The molecule has 0 spiro atoms. The van der Waals surface area contributed by atoms with Gasteiger partial charge in [-0.15, -0.1) is 0 Å². The van der Waals surface area contributed by atoms with Crippen molar-refractivity contribution in [3.8, 4) is 11.3 Å². The SMILES string of the molecule is C=CC(=O)Nc1ccc(C(=O)N2CCC(Nc3ncc(Cl)c(-c4c[nH]c5ccccc45)n3)CC2)cc1N(C)CCN(C)C. The van der Waals surface area contributed by atoms with E-state index in [0.29, 0.717) is 41.0 Å². The molecular weight excluding hydrogens is 564 g/mol. The smallest absolute Gasteiger partial charge is 0.253 e. The Labute approximate surface area is 256 Å². The van der Waals surface area contributed by atoms with Crippen LogP contribution < -0.4 is 15.5 Å². The first kappa shape index (κ1) is 30.1. The van der Waals surface area contributed by atoms with E-state index < -0.39 is 0 Å². The summed E-state index contributed by atoms with van der Waals surface area (Å²) in [6.07, 6.45) is 6.28. The number of para-hydroxylation sites is 1. The van der Waals surface area contributed by atoms with E-state index in [1.165, 1.54) is 6.08 Å². The maximum atomic E-state index is 13.5. The number of likely N-dealkylation sites (tertiary alicyclic amines) is 1. The van der Waals surface area contributed by atoms with E-state index in [1.807, 2.05) is 67.5 Å². The van der Waals surface area contributed by atoms with Crippen molar-refractivity contribution in [1.29, 1.82) is 0 Å². The molecule has 0 atom stereocenters. The van der Waals surface area contributed by atoms with Gasteiger partial charge in [-0.25, -0.2) is 9.97 Å². The molecule has 0 bridgehead atoms. The van der Waals surface area contributed by atoms with Crippen molar-refractivity contribution in [2.75, 3.05) is 62.9 Å². The summed E-state index contributed by atoms with van der Waals surface area (Å²) >= 11 is 6.51. The van der Waals surface area contributed by atoms with Crippen molar-refractivity contribution < 1.29 is 9.59 Å². The first-order valence-electron chi connectivity index (χ1n) is 14.3. The van der Waals surface area contributed by atoms with Gasteiger partial charge in [0.05, 0.1) is 28.3 Å². The van der Waals surface area contributed by atoms with Crippen LogP contribution in [0.2, 0.25) is 5.02 Å². The fourth-order valence-corrected chi connectivity index (χ4v) is 5.42. The van der Waals surface area contributed by atoms with E-state index in [2.05, 4.69) is 32.1 Å². The third-order valence-electron chi connectivity index (χ3n) is 7.69. The quantitative estimate of drug-likeness (QED) is 0.217. The summed E-state index contributed by atoms with van der Waals surface area (Å²) < 4.78 is 0. The number of carbonyl (C=O) groups excluding carboxylic acids is 2. The molecule has 3 N–H and O–H groups in total. The zero-order valence-corrected chi connectivity index (χ0v) is 25.5. The number of likely N-dealkylation sites (N-methyl/N-ethyl adjacent to an activating group) is 2. The maximum Gasteiger partial charge on any atom is 0.253 e. The number of hydrogen-bond donors (Lipinski definition) is 3. The van der Waals surface area contributed by atoms with Crippen molar-refractivity contribution in [2.24, 2.45) is 0 Å². The summed E-state index contributed by atoms with van der Waals surface area (Å²) in [5, 5.41) is 7.84. The van der Waals surface area contributed by atoms with Crippen LogP contribution in [-0.2, 0) is 4.79 Å². The Kier molecular flexibility index (Phi) is 9.27. The van der Waals surface area contributed by atoms with Crippen molar-refractivity contribution in [2.45, 2.75) is 18.9 Å². The van der Waals surface area contributed by atoms with Crippen molar-refractivity contribution >= 4 is 51.6 Å². The zero-order chi connectivity index (χ0) is 30.5. The molecule has 3 heterocycles. The van der Waals surface area contributed by atoms with Crippen LogP contribution in [0.5, 0.6) is 0 Å². The summed E-state index contributed by atoms with van der Waals surface area (Å²) in [6.45, 7) is 6.30. The molecule has 2 amide bonds. The normalized spacial score (nSPS) is 13.7. The molecule has 10 nitrogen and oxygen atoms in total. The largest absolute Gasteiger partial charge is 0.372 e.